The number of hydrogen-bond acceptors (Lipinski definition) is 1. The highest BCUT2D eigenvalue weighted by Crippen LogP contribution is 2.17. The minimum atomic E-state index is 0.764. The van der Waals surface area contributed by atoms with Crippen LogP contribution in [-0.4, -0.2) is 6.04 Å². The molecule has 2 rings (SSSR count). The second-order valence-corrected chi connectivity index (χ2v) is 4.70. The monoisotopic (exact) mass is 203 g/mol. The van der Waals surface area contributed by atoms with Crippen molar-refractivity contribution in [1.29, 1.82) is 0 Å². The smallest absolute Gasteiger partial charge is 0.0208 e. The first-order valence-corrected chi connectivity index (χ1v) is 6.13. The summed E-state index contributed by atoms with van der Waals surface area (Å²) < 4.78 is 0. The minimum Gasteiger partial charge on any atom is -0.310 e. The van der Waals surface area contributed by atoms with Gasteiger partial charge in [0.1, 0.15) is 0 Å². The third kappa shape index (κ3) is 3.35. The Balaban J connectivity index is 1.79. The Kier molecular flexibility index (Phi) is 3.79. The maximum atomic E-state index is 3.66. The summed E-state index contributed by atoms with van der Waals surface area (Å²) in [5, 5.41) is 3.66. The molecule has 0 atom stereocenters. The third-order valence-corrected chi connectivity index (χ3v) is 3.32. The molecular weight excluding hydrogens is 182 g/mol. The van der Waals surface area contributed by atoms with Crippen LogP contribution < -0.4 is 5.32 Å². The third-order valence-electron chi connectivity index (χ3n) is 3.32. The van der Waals surface area contributed by atoms with Crippen molar-refractivity contribution in [2.75, 3.05) is 0 Å². The number of nitrogens with one attached hydrogen (secondary N) is 1. The van der Waals surface area contributed by atoms with Crippen LogP contribution in [0.15, 0.2) is 24.3 Å². The van der Waals surface area contributed by atoms with Gasteiger partial charge < -0.3 is 5.32 Å². The first-order chi connectivity index (χ1) is 7.34. The lowest BCUT2D eigenvalue weighted by Crippen LogP contribution is -2.30. The van der Waals surface area contributed by atoms with E-state index < -0.39 is 0 Å². The Bertz CT molecular complexity index is 283. The summed E-state index contributed by atoms with van der Waals surface area (Å²) in [4.78, 5) is 0. The lowest BCUT2D eigenvalue weighted by atomic mass is 9.95. The summed E-state index contributed by atoms with van der Waals surface area (Å²) in [7, 11) is 0. The number of benzene rings is 1. The van der Waals surface area contributed by atoms with Crippen molar-refractivity contribution >= 4 is 0 Å². The quantitative estimate of drug-likeness (QED) is 0.793. The van der Waals surface area contributed by atoms with Gasteiger partial charge in [-0.2, -0.15) is 0 Å². The van der Waals surface area contributed by atoms with Gasteiger partial charge in [-0.05, 0) is 25.3 Å². The van der Waals surface area contributed by atoms with Crippen LogP contribution >= 0.6 is 0 Å². The number of hydrogen-bond donors (Lipinski definition) is 1. The summed E-state index contributed by atoms with van der Waals surface area (Å²) in [6.45, 7) is 3.17. The molecule has 0 bridgehead atoms. The Labute approximate surface area is 92.9 Å². The van der Waals surface area contributed by atoms with E-state index in [9.17, 15) is 0 Å². The van der Waals surface area contributed by atoms with E-state index in [0.29, 0.717) is 0 Å². The molecule has 1 heteroatoms. The van der Waals surface area contributed by atoms with E-state index in [2.05, 4.69) is 36.5 Å². The largest absolute Gasteiger partial charge is 0.310 e. The fraction of sp³-hybridized carbons (Fsp3) is 0.571. The number of aryl methyl sites for hydroxylation is 1. The van der Waals surface area contributed by atoms with Crippen LogP contribution in [0.2, 0.25) is 0 Å². The molecule has 1 aliphatic carbocycles. The summed E-state index contributed by atoms with van der Waals surface area (Å²) in [6, 6.07) is 9.60. The predicted molar refractivity (Wildman–Crippen MR) is 64.9 cm³/mol. The summed E-state index contributed by atoms with van der Waals surface area (Å²) >= 11 is 0. The molecule has 0 spiro atoms. The summed E-state index contributed by atoms with van der Waals surface area (Å²) in [5.41, 5.74) is 2.75. The topological polar surface area (TPSA) is 12.0 Å². The van der Waals surface area contributed by atoms with Gasteiger partial charge in [0.25, 0.3) is 0 Å². The highest BCUT2D eigenvalue weighted by molar-refractivity contribution is 5.21. The molecule has 1 aromatic carbocycles. The fourth-order valence-electron chi connectivity index (χ4n) is 2.27. The molecule has 1 saturated carbocycles. The zero-order valence-electron chi connectivity index (χ0n) is 9.63. The maximum Gasteiger partial charge on any atom is 0.0208 e. The molecule has 1 aromatic rings. The molecule has 0 saturated heterocycles. The van der Waals surface area contributed by atoms with Gasteiger partial charge in [-0.15, -0.1) is 0 Å². The SMILES string of the molecule is Cc1ccc(CNC2CCCCC2)cc1. The first kappa shape index (κ1) is 10.7. The minimum absolute atomic E-state index is 0.764. The van der Waals surface area contributed by atoms with E-state index in [1.165, 1.54) is 43.2 Å². The van der Waals surface area contributed by atoms with Crippen LogP contribution in [0.4, 0.5) is 0 Å². The normalized spacial score (nSPS) is 17.9. The Morgan fingerprint density at radius 1 is 1.07 bits per heavy atom. The van der Waals surface area contributed by atoms with Crippen molar-refractivity contribution in [3.05, 3.63) is 35.4 Å². The van der Waals surface area contributed by atoms with E-state index in [1.807, 2.05) is 0 Å². The molecule has 0 heterocycles. The van der Waals surface area contributed by atoms with E-state index in [1.54, 1.807) is 0 Å². The Morgan fingerprint density at radius 2 is 1.73 bits per heavy atom. The zero-order chi connectivity index (χ0) is 10.5. The maximum absolute atomic E-state index is 3.66. The van der Waals surface area contributed by atoms with Gasteiger partial charge in [0, 0.05) is 12.6 Å². The van der Waals surface area contributed by atoms with E-state index in [4.69, 9.17) is 0 Å². The molecule has 15 heavy (non-hydrogen) atoms. The number of rotatable bonds is 3. The lowest BCUT2D eigenvalue weighted by Gasteiger charge is -2.22. The van der Waals surface area contributed by atoms with E-state index in [-0.39, 0.29) is 0 Å². The first-order valence-electron chi connectivity index (χ1n) is 6.13. The molecular formula is C14H21N. The van der Waals surface area contributed by atoms with Gasteiger partial charge in [-0.1, -0.05) is 49.1 Å². The lowest BCUT2D eigenvalue weighted by molar-refractivity contribution is 0.372. The average Bonchev–Trinajstić information content (AvgIpc) is 2.30. The second-order valence-electron chi connectivity index (χ2n) is 4.70. The highest BCUT2D eigenvalue weighted by atomic mass is 14.9. The Hall–Kier alpha value is -0.820. The second kappa shape index (κ2) is 5.32. The molecule has 0 radical (unpaired) electrons. The van der Waals surface area contributed by atoms with Gasteiger partial charge in [0.05, 0.1) is 0 Å². The molecule has 1 nitrogen and oxygen atoms in total. The molecule has 0 aromatic heterocycles. The molecule has 1 N–H and O–H groups in total. The fourth-order valence-corrected chi connectivity index (χ4v) is 2.27. The highest BCUT2D eigenvalue weighted by Gasteiger charge is 2.11. The van der Waals surface area contributed by atoms with Crippen LogP contribution in [-0.2, 0) is 6.54 Å². The molecule has 82 valence electrons. The van der Waals surface area contributed by atoms with E-state index >= 15 is 0 Å². The van der Waals surface area contributed by atoms with Crippen molar-refractivity contribution in [3.63, 3.8) is 0 Å². The van der Waals surface area contributed by atoms with Gasteiger partial charge in [0.2, 0.25) is 0 Å². The molecule has 0 amide bonds. The predicted octanol–water partition coefficient (Wildman–Crippen LogP) is 3.42. The van der Waals surface area contributed by atoms with Crippen molar-refractivity contribution in [1.82, 2.24) is 5.32 Å². The van der Waals surface area contributed by atoms with E-state index in [0.717, 1.165) is 12.6 Å². The van der Waals surface area contributed by atoms with Crippen LogP contribution in [0.5, 0.6) is 0 Å². The van der Waals surface area contributed by atoms with Crippen LogP contribution in [0.3, 0.4) is 0 Å². The summed E-state index contributed by atoms with van der Waals surface area (Å²) in [5.74, 6) is 0. The average molecular weight is 203 g/mol. The van der Waals surface area contributed by atoms with Crippen LogP contribution in [0.1, 0.15) is 43.2 Å². The zero-order valence-corrected chi connectivity index (χ0v) is 9.63. The van der Waals surface area contributed by atoms with Crippen molar-refractivity contribution in [3.8, 4) is 0 Å². The molecule has 0 aliphatic heterocycles. The Morgan fingerprint density at radius 3 is 2.40 bits per heavy atom. The van der Waals surface area contributed by atoms with Gasteiger partial charge >= 0.3 is 0 Å². The van der Waals surface area contributed by atoms with Gasteiger partial charge in [-0.3, -0.25) is 0 Å². The van der Waals surface area contributed by atoms with Crippen molar-refractivity contribution in [2.45, 2.75) is 51.6 Å². The van der Waals surface area contributed by atoms with Gasteiger partial charge in [-0.25, -0.2) is 0 Å². The summed E-state index contributed by atoms with van der Waals surface area (Å²) in [6.07, 6.45) is 6.98. The molecule has 0 unspecified atom stereocenters. The van der Waals surface area contributed by atoms with Crippen molar-refractivity contribution < 1.29 is 0 Å². The molecule has 1 aliphatic rings. The standard InChI is InChI=1S/C14H21N/c1-12-7-9-13(10-8-12)11-15-14-5-3-2-4-6-14/h7-10,14-15H,2-6,11H2,1H3. The van der Waals surface area contributed by atoms with Crippen molar-refractivity contribution in [2.24, 2.45) is 0 Å². The van der Waals surface area contributed by atoms with Gasteiger partial charge in [0.15, 0.2) is 0 Å². The molecule has 1 fully saturated rings. The van der Waals surface area contributed by atoms with Crippen LogP contribution in [0.25, 0.3) is 0 Å². The van der Waals surface area contributed by atoms with Crippen LogP contribution in [0, 0.1) is 6.92 Å².